The van der Waals surface area contributed by atoms with Crippen LogP contribution in [0.25, 0.3) is 0 Å². The van der Waals surface area contributed by atoms with E-state index in [4.69, 9.17) is 4.74 Å². The van der Waals surface area contributed by atoms with Crippen LogP contribution in [0.15, 0.2) is 36.4 Å². The molecule has 1 atom stereocenters. The number of hydrogen-bond acceptors (Lipinski definition) is 3. The van der Waals surface area contributed by atoms with Crippen LogP contribution in [0.4, 0.5) is 5.69 Å². The van der Waals surface area contributed by atoms with Crippen LogP contribution in [0.1, 0.15) is 35.6 Å². The molecule has 1 unspecified atom stereocenters. The smallest absolute Gasteiger partial charge is 0.120 e. The van der Waals surface area contributed by atoms with Crippen LogP contribution < -0.4 is 10.1 Å². The number of methoxy groups -OCH3 is 1. The Balaban J connectivity index is 1.86. The van der Waals surface area contributed by atoms with Crippen molar-refractivity contribution < 1.29 is 9.84 Å². The molecule has 3 rings (SSSR count). The van der Waals surface area contributed by atoms with E-state index in [0.29, 0.717) is 11.8 Å². The SMILES string of the molecule is COc1ccc2c(c1)CCCC2Nc1ccc(C)c(O)c1. The van der Waals surface area contributed by atoms with Crippen LogP contribution in [-0.2, 0) is 6.42 Å². The zero-order chi connectivity index (χ0) is 14.8. The van der Waals surface area contributed by atoms with Gasteiger partial charge in [0, 0.05) is 11.8 Å². The van der Waals surface area contributed by atoms with E-state index >= 15 is 0 Å². The molecule has 2 aromatic rings. The van der Waals surface area contributed by atoms with Crippen LogP contribution in [0, 0.1) is 6.92 Å². The lowest BCUT2D eigenvalue weighted by molar-refractivity contribution is 0.413. The van der Waals surface area contributed by atoms with Crippen molar-refractivity contribution in [3.05, 3.63) is 53.1 Å². The molecule has 0 fully saturated rings. The van der Waals surface area contributed by atoms with Crippen LogP contribution in [0.5, 0.6) is 11.5 Å². The van der Waals surface area contributed by atoms with Gasteiger partial charge >= 0.3 is 0 Å². The number of nitrogens with one attached hydrogen (secondary N) is 1. The fraction of sp³-hybridized carbons (Fsp3) is 0.333. The Hall–Kier alpha value is -2.16. The van der Waals surface area contributed by atoms with Crippen molar-refractivity contribution in [1.29, 1.82) is 0 Å². The van der Waals surface area contributed by atoms with Gasteiger partial charge in [-0.25, -0.2) is 0 Å². The van der Waals surface area contributed by atoms with Crippen molar-refractivity contribution in [1.82, 2.24) is 0 Å². The molecule has 0 bridgehead atoms. The molecule has 0 aliphatic heterocycles. The number of benzene rings is 2. The highest BCUT2D eigenvalue weighted by atomic mass is 16.5. The molecule has 1 aliphatic rings. The Kier molecular flexibility index (Phi) is 3.74. The van der Waals surface area contributed by atoms with Crippen LogP contribution in [-0.4, -0.2) is 12.2 Å². The minimum Gasteiger partial charge on any atom is -0.508 e. The first kappa shape index (κ1) is 13.8. The van der Waals surface area contributed by atoms with Gasteiger partial charge < -0.3 is 15.2 Å². The number of rotatable bonds is 3. The molecule has 0 heterocycles. The number of aromatic hydroxyl groups is 1. The van der Waals surface area contributed by atoms with Gasteiger partial charge in [0.2, 0.25) is 0 Å². The minimum absolute atomic E-state index is 0.293. The molecule has 3 nitrogen and oxygen atoms in total. The van der Waals surface area contributed by atoms with E-state index in [1.807, 2.05) is 25.1 Å². The summed E-state index contributed by atoms with van der Waals surface area (Å²) in [7, 11) is 1.70. The van der Waals surface area contributed by atoms with Gasteiger partial charge in [-0.1, -0.05) is 12.1 Å². The fourth-order valence-electron chi connectivity index (χ4n) is 2.97. The van der Waals surface area contributed by atoms with E-state index in [1.54, 1.807) is 13.2 Å². The summed E-state index contributed by atoms with van der Waals surface area (Å²) in [4.78, 5) is 0. The number of phenols is 1. The highest BCUT2D eigenvalue weighted by Crippen LogP contribution is 2.35. The predicted molar refractivity (Wildman–Crippen MR) is 85.1 cm³/mol. The Morgan fingerprint density at radius 1 is 1.19 bits per heavy atom. The van der Waals surface area contributed by atoms with Gasteiger partial charge in [-0.2, -0.15) is 0 Å². The van der Waals surface area contributed by atoms with Crippen molar-refractivity contribution in [3.63, 3.8) is 0 Å². The number of fused-ring (bicyclic) bond motifs is 1. The molecule has 1 aliphatic carbocycles. The lowest BCUT2D eigenvalue weighted by Crippen LogP contribution is -2.17. The van der Waals surface area contributed by atoms with E-state index in [0.717, 1.165) is 36.3 Å². The van der Waals surface area contributed by atoms with Gasteiger partial charge in [-0.3, -0.25) is 0 Å². The molecule has 21 heavy (non-hydrogen) atoms. The van der Waals surface area contributed by atoms with Gasteiger partial charge in [-0.15, -0.1) is 0 Å². The maximum atomic E-state index is 9.84. The zero-order valence-corrected chi connectivity index (χ0v) is 12.5. The zero-order valence-electron chi connectivity index (χ0n) is 12.5. The molecule has 110 valence electrons. The third kappa shape index (κ3) is 2.82. The summed E-state index contributed by atoms with van der Waals surface area (Å²) >= 11 is 0. The van der Waals surface area contributed by atoms with Crippen molar-refractivity contribution >= 4 is 5.69 Å². The standard InChI is InChI=1S/C18H21NO2/c1-12-6-7-14(11-18(12)20)19-17-5-3-4-13-10-15(21-2)8-9-16(13)17/h6-11,17,19-20H,3-5H2,1-2H3. The summed E-state index contributed by atoms with van der Waals surface area (Å²) in [5.74, 6) is 1.26. The topological polar surface area (TPSA) is 41.5 Å². The Morgan fingerprint density at radius 3 is 2.81 bits per heavy atom. The second kappa shape index (κ2) is 5.68. The summed E-state index contributed by atoms with van der Waals surface area (Å²) < 4.78 is 5.31. The van der Waals surface area contributed by atoms with Gasteiger partial charge in [0.15, 0.2) is 0 Å². The summed E-state index contributed by atoms with van der Waals surface area (Å²) in [6, 6.07) is 12.4. The summed E-state index contributed by atoms with van der Waals surface area (Å²) in [6.45, 7) is 1.90. The minimum atomic E-state index is 0.293. The van der Waals surface area contributed by atoms with Crippen molar-refractivity contribution in [2.24, 2.45) is 0 Å². The Bertz CT molecular complexity index is 652. The molecule has 0 radical (unpaired) electrons. The largest absolute Gasteiger partial charge is 0.508 e. The molecule has 2 aromatic carbocycles. The van der Waals surface area contributed by atoms with Gasteiger partial charge in [-0.05, 0) is 61.1 Å². The first-order valence-corrected chi connectivity index (χ1v) is 7.40. The Morgan fingerprint density at radius 2 is 2.05 bits per heavy atom. The third-order valence-corrected chi connectivity index (χ3v) is 4.21. The maximum absolute atomic E-state index is 9.84. The molecule has 0 saturated carbocycles. The molecule has 0 amide bonds. The van der Waals surface area contributed by atoms with E-state index in [9.17, 15) is 5.11 Å². The molecule has 0 saturated heterocycles. The molecule has 2 N–H and O–H groups in total. The quantitative estimate of drug-likeness (QED) is 0.887. The summed E-state index contributed by atoms with van der Waals surface area (Å²) in [6.07, 6.45) is 3.37. The van der Waals surface area contributed by atoms with Gasteiger partial charge in [0.1, 0.15) is 11.5 Å². The van der Waals surface area contributed by atoms with Crippen LogP contribution in [0.3, 0.4) is 0 Å². The lowest BCUT2D eigenvalue weighted by atomic mass is 9.87. The average molecular weight is 283 g/mol. The van der Waals surface area contributed by atoms with Gasteiger partial charge in [0.25, 0.3) is 0 Å². The highest BCUT2D eigenvalue weighted by Gasteiger charge is 2.20. The highest BCUT2D eigenvalue weighted by molar-refractivity contribution is 5.53. The average Bonchev–Trinajstić information content (AvgIpc) is 2.50. The number of hydrogen-bond donors (Lipinski definition) is 2. The lowest BCUT2D eigenvalue weighted by Gasteiger charge is -2.27. The van der Waals surface area contributed by atoms with E-state index in [2.05, 4.69) is 17.4 Å². The molecular formula is C18H21NO2. The maximum Gasteiger partial charge on any atom is 0.120 e. The third-order valence-electron chi connectivity index (χ3n) is 4.21. The molecular weight excluding hydrogens is 262 g/mol. The number of aryl methyl sites for hydroxylation is 2. The number of ether oxygens (including phenoxy) is 1. The van der Waals surface area contributed by atoms with Crippen LogP contribution in [0.2, 0.25) is 0 Å². The van der Waals surface area contributed by atoms with Gasteiger partial charge in [0.05, 0.1) is 13.2 Å². The first-order valence-electron chi connectivity index (χ1n) is 7.40. The fourth-order valence-corrected chi connectivity index (χ4v) is 2.97. The van der Waals surface area contributed by atoms with Crippen LogP contribution >= 0.6 is 0 Å². The summed E-state index contributed by atoms with van der Waals surface area (Å²) in [5.41, 5.74) is 4.55. The number of anilines is 1. The monoisotopic (exact) mass is 283 g/mol. The van der Waals surface area contributed by atoms with Crippen molar-refractivity contribution in [2.45, 2.75) is 32.2 Å². The van der Waals surface area contributed by atoms with E-state index < -0.39 is 0 Å². The van der Waals surface area contributed by atoms with E-state index in [1.165, 1.54) is 11.1 Å². The first-order chi connectivity index (χ1) is 10.2. The number of phenolic OH excluding ortho intramolecular Hbond substituents is 1. The second-order valence-corrected chi connectivity index (χ2v) is 5.66. The molecule has 3 heteroatoms. The summed E-state index contributed by atoms with van der Waals surface area (Å²) in [5, 5.41) is 13.4. The predicted octanol–water partition coefficient (Wildman–Crippen LogP) is 4.20. The van der Waals surface area contributed by atoms with Crippen molar-refractivity contribution in [2.75, 3.05) is 12.4 Å². The molecule has 0 spiro atoms. The Labute approximate surface area is 125 Å². The molecule has 0 aromatic heterocycles. The normalized spacial score (nSPS) is 17.1. The van der Waals surface area contributed by atoms with E-state index in [-0.39, 0.29) is 0 Å². The van der Waals surface area contributed by atoms with Crippen molar-refractivity contribution in [3.8, 4) is 11.5 Å². The second-order valence-electron chi connectivity index (χ2n) is 5.66.